The molecule has 0 aliphatic carbocycles. The van der Waals surface area contributed by atoms with E-state index < -0.39 is 15.9 Å². The Kier molecular flexibility index (Phi) is 10.6. The number of thioether (sulfide) groups is 1. The molecule has 0 spiro atoms. The zero-order valence-electron chi connectivity index (χ0n) is 19.4. The number of hydrogen-bond donors (Lipinski definition) is 1. The van der Waals surface area contributed by atoms with Gasteiger partial charge in [-0.3, -0.25) is 4.79 Å². The van der Waals surface area contributed by atoms with Crippen molar-refractivity contribution in [3.63, 3.8) is 0 Å². The molecule has 0 radical (unpaired) electrons. The first kappa shape index (κ1) is 26.4. The van der Waals surface area contributed by atoms with Crippen molar-refractivity contribution in [2.45, 2.75) is 57.0 Å². The third-order valence-corrected chi connectivity index (χ3v) is 8.47. The molecule has 6 nitrogen and oxygen atoms in total. The molecule has 0 atom stereocenters. The van der Waals surface area contributed by atoms with Crippen LogP contribution in [0.4, 0.5) is 0 Å². The lowest BCUT2D eigenvalue weighted by atomic mass is 10.1. The summed E-state index contributed by atoms with van der Waals surface area (Å²) in [6, 6.07) is 15.4. The Labute approximate surface area is 210 Å². The number of rotatable bonds is 14. The topological polar surface area (TPSA) is 89.0 Å². The summed E-state index contributed by atoms with van der Waals surface area (Å²) in [5.41, 5.74) is 5.46. The summed E-state index contributed by atoms with van der Waals surface area (Å²) in [5, 5.41) is 8.87. The Morgan fingerprint density at radius 2 is 1.53 bits per heavy atom. The van der Waals surface area contributed by atoms with E-state index in [0.29, 0.717) is 12.0 Å². The van der Waals surface area contributed by atoms with E-state index in [0.717, 1.165) is 53.3 Å². The van der Waals surface area contributed by atoms with Crippen molar-refractivity contribution >= 4 is 39.0 Å². The van der Waals surface area contributed by atoms with Crippen LogP contribution in [-0.2, 0) is 21.5 Å². The van der Waals surface area contributed by atoms with E-state index in [-0.39, 0.29) is 5.75 Å². The van der Waals surface area contributed by atoms with Gasteiger partial charge in [-0.05, 0) is 29.7 Å². The van der Waals surface area contributed by atoms with Gasteiger partial charge in [-0.25, -0.2) is 13.1 Å². The summed E-state index contributed by atoms with van der Waals surface area (Å²) in [5.74, 6) is 1.09. The van der Waals surface area contributed by atoms with Crippen LogP contribution in [0.1, 0.15) is 66.9 Å². The van der Waals surface area contributed by atoms with E-state index in [1.54, 1.807) is 29.4 Å². The van der Waals surface area contributed by atoms with Crippen molar-refractivity contribution < 1.29 is 13.2 Å². The molecule has 2 aromatic carbocycles. The molecule has 0 aliphatic rings. The highest BCUT2D eigenvalue weighted by molar-refractivity contribution is 7.97. The third kappa shape index (κ3) is 8.85. The standard InChI is InChI=1S/C25H31N3O3S3/c1-2-3-4-5-6-7-16-34(30,31)28-24(29)22-12-8-20(9-13-22)17-32-18-21-10-14-23(15-11-21)25-27-26-19-33-25/h8-15,19H,2-7,16-18H2,1H3,(H,28,29). The number of benzene rings is 2. The molecule has 0 saturated heterocycles. The Balaban J connectivity index is 1.40. The van der Waals surface area contributed by atoms with Crippen molar-refractivity contribution in [3.05, 3.63) is 70.7 Å². The molecule has 0 unspecified atom stereocenters. The molecule has 1 amide bonds. The van der Waals surface area contributed by atoms with Crippen LogP contribution >= 0.6 is 23.1 Å². The maximum atomic E-state index is 12.4. The third-order valence-electron chi connectivity index (χ3n) is 5.33. The second-order valence-corrected chi connectivity index (χ2v) is 11.8. The van der Waals surface area contributed by atoms with Crippen molar-refractivity contribution in [2.75, 3.05) is 5.75 Å². The number of carbonyl (C=O) groups excluding carboxylic acids is 1. The highest BCUT2D eigenvalue weighted by Gasteiger charge is 2.15. The summed E-state index contributed by atoms with van der Waals surface area (Å²) >= 11 is 3.30. The summed E-state index contributed by atoms with van der Waals surface area (Å²) in [6.07, 6.45) is 5.95. The molecule has 9 heteroatoms. The van der Waals surface area contributed by atoms with Gasteiger partial charge in [0, 0.05) is 22.6 Å². The first-order valence-electron chi connectivity index (χ1n) is 11.5. The lowest BCUT2D eigenvalue weighted by molar-refractivity contribution is 0.0981. The highest BCUT2D eigenvalue weighted by atomic mass is 32.2. The Morgan fingerprint density at radius 3 is 2.15 bits per heavy atom. The minimum Gasteiger partial charge on any atom is -0.268 e. The van der Waals surface area contributed by atoms with Crippen LogP contribution in [0.3, 0.4) is 0 Å². The molecule has 182 valence electrons. The van der Waals surface area contributed by atoms with Crippen LogP contribution in [0.5, 0.6) is 0 Å². The lowest BCUT2D eigenvalue weighted by Crippen LogP contribution is -2.32. The van der Waals surface area contributed by atoms with E-state index in [1.807, 2.05) is 12.1 Å². The average molecular weight is 518 g/mol. The Hall–Kier alpha value is -2.23. The quantitative estimate of drug-likeness (QED) is 0.262. The molecule has 1 N–H and O–H groups in total. The molecule has 3 rings (SSSR count). The number of unbranched alkanes of at least 4 members (excludes halogenated alkanes) is 5. The minimum atomic E-state index is -3.60. The van der Waals surface area contributed by atoms with Crippen LogP contribution < -0.4 is 4.72 Å². The molecule has 0 saturated carbocycles. The van der Waals surface area contributed by atoms with E-state index >= 15 is 0 Å². The van der Waals surface area contributed by atoms with Crippen LogP contribution in [0.15, 0.2) is 54.0 Å². The van der Waals surface area contributed by atoms with Gasteiger partial charge in [0.15, 0.2) is 0 Å². The van der Waals surface area contributed by atoms with Gasteiger partial charge in [-0.15, -0.1) is 10.2 Å². The van der Waals surface area contributed by atoms with Gasteiger partial charge in [-0.2, -0.15) is 11.8 Å². The molecule has 0 aliphatic heterocycles. The number of hydrogen-bond acceptors (Lipinski definition) is 7. The van der Waals surface area contributed by atoms with Gasteiger partial charge in [0.25, 0.3) is 5.91 Å². The van der Waals surface area contributed by atoms with Gasteiger partial charge in [-0.1, -0.05) is 86.8 Å². The zero-order chi connectivity index (χ0) is 24.2. The maximum absolute atomic E-state index is 12.4. The maximum Gasteiger partial charge on any atom is 0.264 e. The lowest BCUT2D eigenvalue weighted by Gasteiger charge is -2.08. The molecular weight excluding hydrogens is 486 g/mol. The van der Waals surface area contributed by atoms with Gasteiger partial charge >= 0.3 is 0 Å². The van der Waals surface area contributed by atoms with Crippen LogP contribution in [-0.4, -0.2) is 30.3 Å². The summed E-state index contributed by atoms with van der Waals surface area (Å²) in [7, 11) is -3.60. The van der Waals surface area contributed by atoms with E-state index in [4.69, 9.17) is 0 Å². The molecule has 0 fully saturated rings. The summed E-state index contributed by atoms with van der Waals surface area (Å²) in [4.78, 5) is 12.4. The fourth-order valence-corrected chi connectivity index (χ4v) is 6.01. The number of amides is 1. The van der Waals surface area contributed by atoms with Crippen LogP contribution in [0.25, 0.3) is 10.6 Å². The summed E-state index contributed by atoms with van der Waals surface area (Å²) in [6.45, 7) is 2.15. The van der Waals surface area contributed by atoms with Gasteiger partial charge < -0.3 is 0 Å². The van der Waals surface area contributed by atoms with Crippen molar-refractivity contribution in [3.8, 4) is 10.6 Å². The largest absolute Gasteiger partial charge is 0.268 e. The SMILES string of the molecule is CCCCCCCCS(=O)(=O)NC(=O)c1ccc(CSCc2ccc(-c3nncs3)cc2)cc1. The first-order chi connectivity index (χ1) is 16.5. The molecule has 3 aromatic rings. The molecule has 1 heterocycles. The molecule has 0 bridgehead atoms. The number of aromatic nitrogens is 2. The average Bonchev–Trinajstić information content (AvgIpc) is 3.37. The second-order valence-electron chi connectivity index (χ2n) is 8.15. The fraction of sp³-hybridized carbons (Fsp3) is 0.400. The van der Waals surface area contributed by atoms with Gasteiger partial charge in [0.1, 0.15) is 10.5 Å². The number of sulfonamides is 1. The normalized spacial score (nSPS) is 11.4. The minimum absolute atomic E-state index is 0.0126. The molecular formula is C25H31N3O3S3. The van der Waals surface area contributed by atoms with Crippen LogP contribution in [0.2, 0.25) is 0 Å². The Bertz CT molecular complexity index is 1110. The first-order valence-corrected chi connectivity index (χ1v) is 15.2. The van der Waals surface area contributed by atoms with E-state index in [2.05, 4.69) is 46.1 Å². The second kappa shape index (κ2) is 13.6. The molecule has 1 aromatic heterocycles. The Morgan fingerprint density at radius 1 is 0.912 bits per heavy atom. The number of carbonyl (C=O) groups is 1. The van der Waals surface area contributed by atoms with Crippen molar-refractivity contribution in [1.29, 1.82) is 0 Å². The smallest absolute Gasteiger partial charge is 0.264 e. The monoisotopic (exact) mass is 517 g/mol. The van der Waals surface area contributed by atoms with Crippen molar-refractivity contribution in [1.82, 2.24) is 14.9 Å². The van der Waals surface area contributed by atoms with E-state index in [9.17, 15) is 13.2 Å². The summed E-state index contributed by atoms with van der Waals surface area (Å²) < 4.78 is 26.6. The fourth-order valence-electron chi connectivity index (χ4n) is 3.41. The predicted molar refractivity (Wildman–Crippen MR) is 141 cm³/mol. The van der Waals surface area contributed by atoms with Crippen LogP contribution in [0, 0.1) is 0 Å². The zero-order valence-corrected chi connectivity index (χ0v) is 21.9. The predicted octanol–water partition coefficient (Wildman–Crippen LogP) is 6.06. The number of nitrogens with zero attached hydrogens (tertiary/aromatic N) is 2. The van der Waals surface area contributed by atoms with Crippen molar-refractivity contribution in [2.24, 2.45) is 0 Å². The number of nitrogens with one attached hydrogen (secondary N) is 1. The highest BCUT2D eigenvalue weighted by Crippen LogP contribution is 2.23. The van der Waals surface area contributed by atoms with Gasteiger partial charge in [0.05, 0.1) is 5.75 Å². The molecule has 34 heavy (non-hydrogen) atoms. The van der Waals surface area contributed by atoms with Gasteiger partial charge in [0.2, 0.25) is 10.0 Å². The van der Waals surface area contributed by atoms with E-state index in [1.165, 1.54) is 23.3 Å².